The van der Waals surface area contributed by atoms with Gasteiger partial charge in [-0.05, 0) is 80.5 Å². The van der Waals surface area contributed by atoms with Gasteiger partial charge < -0.3 is 4.74 Å². The van der Waals surface area contributed by atoms with E-state index in [4.69, 9.17) is 4.74 Å². The summed E-state index contributed by atoms with van der Waals surface area (Å²) in [6.07, 6.45) is 9.80. The Morgan fingerprint density at radius 3 is 2.06 bits per heavy atom. The lowest BCUT2D eigenvalue weighted by atomic mass is 9.78. The monoisotopic (exact) mass is 482 g/mol. The maximum atomic E-state index is 15.0. The second-order valence-electron chi connectivity index (χ2n) is 9.34. The van der Waals surface area contributed by atoms with E-state index in [0.717, 1.165) is 38.5 Å². The first-order chi connectivity index (χ1) is 16.9. The molecule has 3 aromatic carbocycles. The molecule has 35 heavy (non-hydrogen) atoms. The van der Waals surface area contributed by atoms with Gasteiger partial charge in [-0.25, -0.2) is 13.2 Å². The molecule has 0 aliphatic heterocycles. The van der Waals surface area contributed by atoms with Crippen LogP contribution in [0.25, 0.3) is 11.1 Å². The average Bonchev–Trinajstić information content (AvgIpc) is 2.87. The number of hydrogen-bond donors (Lipinski definition) is 0. The summed E-state index contributed by atoms with van der Waals surface area (Å²) >= 11 is 0. The maximum absolute atomic E-state index is 15.0. The number of allylic oxidation sites excluding steroid dienone is 2. The second kappa shape index (κ2) is 11.1. The molecule has 5 heteroatoms. The summed E-state index contributed by atoms with van der Waals surface area (Å²) < 4.78 is 63.2. The summed E-state index contributed by atoms with van der Waals surface area (Å²) in [6, 6.07) is 13.8. The van der Waals surface area contributed by atoms with E-state index in [1.54, 1.807) is 0 Å². The average molecular weight is 483 g/mol. The Morgan fingerprint density at radius 2 is 1.40 bits per heavy atom. The molecule has 0 saturated heterocycles. The normalized spacial score (nSPS) is 18.2. The van der Waals surface area contributed by atoms with E-state index in [9.17, 15) is 13.2 Å². The molecule has 1 nitrogen and oxygen atoms in total. The highest BCUT2D eigenvalue weighted by atomic mass is 19.2. The fraction of sp³-hybridized carbons (Fsp3) is 0.333. The Balaban J connectivity index is 1.38. The lowest BCUT2D eigenvalue weighted by Crippen LogP contribution is -2.14. The molecule has 0 unspecified atom stereocenters. The Morgan fingerprint density at radius 1 is 0.771 bits per heavy atom. The van der Waals surface area contributed by atoms with Gasteiger partial charge in [0.2, 0.25) is 5.82 Å². The van der Waals surface area contributed by atoms with Crippen LogP contribution < -0.4 is 4.74 Å². The Kier molecular flexibility index (Phi) is 7.94. The van der Waals surface area contributed by atoms with Crippen LogP contribution in [0.2, 0.25) is 0 Å². The van der Waals surface area contributed by atoms with Gasteiger partial charge in [0.1, 0.15) is 0 Å². The molecule has 1 aliphatic rings. The SMILES string of the molecule is COc1ccc(-c2ccc(C3CCC(/C=C/CCc4ccc(C)cc4)CC3)c(F)c2F)c(F)c1F. The fourth-order valence-corrected chi connectivity index (χ4v) is 4.90. The van der Waals surface area contributed by atoms with Crippen LogP contribution in [0.3, 0.4) is 0 Å². The lowest BCUT2D eigenvalue weighted by molar-refractivity contribution is 0.363. The minimum absolute atomic E-state index is 0.0896. The van der Waals surface area contributed by atoms with Crippen LogP contribution in [0, 0.1) is 36.1 Å². The number of aryl methyl sites for hydroxylation is 2. The maximum Gasteiger partial charge on any atom is 0.201 e. The second-order valence-corrected chi connectivity index (χ2v) is 9.34. The van der Waals surface area contributed by atoms with Crippen molar-refractivity contribution < 1.29 is 22.3 Å². The van der Waals surface area contributed by atoms with Crippen molar-refractivity contribution in [2.75, 3.05) is 7.11 Å². The van der Waals surface area contributed by atoms with Crippen molar-refractivity contribution in [2.45, 2.75) is 51.4 Å². The number of benzene rings is 3. The van der Waals surface area contributed by atoms with Crippen molar-refractivity contribution in [1.82, 2.24) is 0 Å². The molecule has 1 saturated carbocycles. The van der Waals surface area contributed by atoms with Gasteiger partial charge in [0, 0.05) is 11.1 Å². The molecule has 0 N–H and O–H groups in total. The summed E-state index contributed by atoms with van der Waals surface area (Å²) in [5.41, 5.74) is 2.26. The van der Waals surface area contributed by atoms with Gasteiger partial charge in [0.25, 0.3) is 0 Å². The van der Waals surface area contributed by atoms with Gasteiger partial charge in [-0.15, -0.1) is 0 Å². The molecule has 4 rings (SSSR count). The van der Waals surface area contributed by atoms with Gasteiger partial charge in [-0.2, -0.15) is 4.39 Å². The Bertz CT molecular complexity index is 1190. The zero-order valence-electron chi connectivity index (χ0n) is 20.1. The third kappa shape index (κ3) is 5.61. The predicted molar refractivity (Wildman–Crippen MR) is 132 cm³/mol. The first-order valence-electron chi connectivity index (χ1n) is 12.1. The zero-order chi connectivity index (χ0) is 24.9. The van der Waals surface area contributed by atoms with Crippen LogP contribution in [-0.4, -0.2) is 7.11 Å². The van der Waals surface area contributed by atoms with Crippen LogP contribution in [-0.2, 0) is 6.42 Å². The Hall–Kier alpha value is -3.08. The molecule has 0 aromatic heterocycles. The lowest BCUT2D eigenvalue weighted by Gasteiger charge is -2.27. The van der Waals surface area contributed by atoms with Crippen LogP contribution in [0.15, 0.2) is 60.7 Å². The van der Waals surface area contributed by atoms with Crippen LogP contribution in [0.5, 0.6) is 5.75 Å². The molecule has 0 spiro atoms. The molecule has 1 fully saturated rings. The van der Waals surface area contributed by atoms with Gasteiger partial charge in [0.15, 0.2) is 23.2 Å². The first-order valence-corrected chi connectivity index (χ1v) is 12.1. The minimum Gasteiger partial charge on any atom is -0.494 e. The highest BCUT2D eigenvalue weighted by Crippen LogP contribution is 2.40. The molecule has 0 amide bonds. The number of rotatable bonds is 7. The Labute approximate surface area is 204 Å². The molecule has 0 radical (unpaired) electrons. The highest BCUT2D eigenvalue weighted by molar-refractivity contribution is 5.66. The van der Waals surface area contributed by atoms with E-state index in [-0.39, 0.29) is 22.8 Å². The van der Waals surface area contributed by atoms with Crippen molar-refractivity contribution in [3.05, 3.63) is 101 Å². The third-order valence-corrected chi connectivity index (χ3v) is 7.01. The topological polar surface area (TPSA) is 9.23 Å². The highest BCUT2D eigenvalue weighted by Gasteiger charge is 2.27. The number of halogens is 4. The fourth-order valence-electron chi connectivity index (χ4n) is 4.90. The molecule has 1 aliphatic carbocycles. The summed E-state index contributed by atoms with van der Waals surface area (Å²) in [4.78, 5) is 0. The smallest absolute Gasteiger partial charge is 0.201 e. The zero-order valence-corrected chi connectivity index (χ0v) is 20.1. The third-order valence-electron chi connectivity index (χ3n) is 7.01. The molecule has 184 valence electrons. The largest absolute Gasteiger partial charge is 0.494 e. The number of hydrogen-bond acceptors (Lipinski definition) is 1. The van der Waals surface area contributed by atoms with Crippen LogP contribution in [0.1, 0.15) is 54.7 Å². The number of methoxy groups -OCH3 is 1. The number of ether oxygens (including phenoxy) is 1. The van der Waals surface area contributed by atoms with Crippen molar-refractivity contribution >= 4 is 0 Å². The van der Waals surface area contributed by atoms with E-state index in [0.29, 0.717) is 11.5 Å². The summed E-state index contributed by atoms with van der Waals surface area (Å²) in [6.45, 7) is 2.08. The standard InChI is InChI=1S/C30H30F4O/c1-19-7-9-20(10-8-19)5-3-4-6-21-11-13-22(14-12-21)23-15-16-24(28(32)27(23)31)25-17-18-26(35-2)30(34)29(25)33/h4,6-10,15-18,21-22H,3,5,11-14H2,1-2H3/b6-4+. The van der Waals surface area contributed by atoms with E-state index in [1.807, 2.05) is 0 Å². The minimum atomic E-state index is -1.26. The quantitative estimate of drug-likeness (QED) is 0.242. The predicted octanol–water partition coefficient (Wildman–Crippen LogP) is 8.69. The van der Waals surface area contributed by atoms with Gasteiger partial charge in [-0.1, -0.05) is 54.1 Å². The summed E-state index contributed by atoms with van der Waals surface area (Å²) in [5.74, 6) is -4.55. The molecule has 0 heterocycles. The molecule has 0 atom stereocenters. The van der Waals surface area contributed by atoms with Crippen LogP contribution in [0.4, 0.5) is 17.6 Å². The van der Waals surface area contributed by atoms with E-state index < -0.39 is 23.3 Å². The molecular weight excluding hydrogens is 452 g/mol. The molecular formula is C30H30F4O. The summed E-state index contributed by atoms with van der Waals surface area (Å²) in [5, 5.41) is 0. The first kappa shape index (κ1) is 25.0. The van der Waals surface area contributed by atoms with Crippen molar-refractivity contribution in [3.63, 3.8) is 0 Å². The van der Waals surface area contributed by atoms with Crippen LogP contribution >= 0.6 is 0 Å². The van der Waals surface area contributed by atoms with Gasteiger partial charge in [-0.3, -0.25) is 0 Å². The van der Waals surface area contributed by atoms with Crippen molar-refractivity contribution in [1.29, 1.82) is 0 Å². The van der Waals surface area contributed by atoms with Crippen molar-refractivity contribution in [2.24, 2.45) is 5.92 Å². The van der Waals surface area contributed by atoms with E-state index in [2.05, 4.69) is 43.3 Å². The molecule has 0 bridgehead atoms. The van der Waals surface area contributed by atoms with E-state index in [1.165, 1.54) is 42.5 Å². The van der Waals surface area contributed by atoms with Crippen molar-refractivity contribution in [3.8, 4) is 16.9 Å². The van der Waals surface area contributed by atoms with Gasteiger partial charge in [0.05, 0.1) is 7.11 Å². The summed E-state index contributed by atoms with van der Waals surface area (Å²) in [7, 11) is 1.21. The van der Waals surface area contributed by atoms with E-state index >= 15 is 4.39 Å². The molecule has 3 aromatic rings. The van der Waals surface area contributed by atoms with Gasteiger partial charge >= 0.3 is 0 Å².